The summed E-state index contributed by atoms with van der Waals surface area (Å²) in [5.74, 6) is 0.322. The molecule has 0 heterocycles. The molecular formula is C7H10O4S2. The summed E-state index contributed by atoms with van der Waals surface area (Å²) < 4.78 is 23.1. The molecule has 0 spiro atoms. The van der Waals surface area contributed by atoms with Crippen LogP contribution < -0.4 is 0 Å². The summed E-state index contributed by atoms with van der Waals surface area (Å²) in [5.41, 5.74) is 0. The summed E-state index contributed by atoms with van der Waals surface area (Å²) >= 11 is 3.00. The first-order valence-electron chi connectivity index (χ1n) is 3.23. The van der Waals surface area contributed by atoms with Crippen LogP contribution >= 0.6 is 11.7 Å². The van der Waals surface area contributed by atoms with E-state index in [1.165, 1.54) is 0 Å². The lowest BCUT2D eigenvalue weighted by Gasteiger charge is -1.82. The average Bonchev–Trinajstić information content (AvgIpc) is 2.06. The molecule has 0 amide bonds. The van der Waals surface area contributed by atoms with Crippen molar-refractivity contribution in [2.24, 2.45) is 0 Å². The van der Waals surface area contributed by atoms with Crippen LogP contribution in [0.3, 0.4) is 0 Å². The quantitative estimate of drug-likeness (QED) is 0.553. The highest BCUT2D eigenvalue weighted by Crippen LogP contribution is 2.02. The first-order valence-corrected chi connectivity index (χ1v) is 5.69. The van der Waals surface area contributed by atoms with Gasteiger partial charge in [0.25, 0.3) is 0 Å². The molecule has 74 valence electrons. The number of thiol groups is 1. The van der Waals surface area contributed by atoms with E-state index in [9.17, 15) is 8.42 Å². The fourth-order valence-electron chi connectivity index (χ4n) is 0.428. The summed E-state index contributed by atoms with van der Waals surface area (Å²) in [4.78, 5) is 0. The van der Waals surface area contributed by atoms with Gasteiger partial charge in [0.2, 0.25) is 0 Å². The summed E-state index contributed by atoms with van der Waals surface area (Å²) in [5, 5.41) is 8.63. The largest absolute Gasteiger partial charge is 0.508 e. The molecule has 0 aliphatic heterocycles. The Morgan fingerprint density at radius 3 is 1.85 bits per heavy atom. The SMILES string of the molecule is COS(=O)(=O)S.Oc1ccccc1. The average molecular weight is 222 g/mol. The van der Waals surface area contributed by atoms with Gasteiger partial charge in [-0.05, 0) is 23.8 Å². The van der Waals surface area contributed by atoms with E-state index in [-0.39, 0.29) is 0 Å². The van der Waals surface area contributed by atoms with Gasteiger partial charge in [-0.15, -0.1) is 0 Å². The van der Waals surface area contributed by atoms with Gasteiger partial charge in [-0.1, -0.05) is 18.2 Å². The smallest absolute Gasteiger partial charge is 0.319 e. The van der Waals surface area contributed by atoms with Gasteiger partial charge >= 0.3 is 9.15 Å². The fraction of sp³-hybridized carbons (Fsp3) is 0.143. The van der Waals surface area contributed by atoms with Crippen molar-refractivity contribution in [1.29, 1.82) is 0 Å². The Labute approximate surface area is 82.1 Å². The third-order valence-electron chi connectivity index (χ3n) is 0.967. The molecule has 0 saturated heterocycles. The number of phenolic OH excluding ortho intramolecular Hbond substituents is 1. The van der Waals surface area contributed by atoms with E-state index in [1.54, 1.807) is 24.3 Å². The van der Waals surface area contributed by atoms with Crippen LogP contribution in [-0.4, -0.2) is 20.6 Å². The van der Waals surface area contributed by atoms with Gasteiger partial charge in [-0.2, -0.15) is 8.42 Å². The summed E-state index contributed by atoms with van der Waals surface area (Å²) in [7, 11) is -2.42. The Kier molecular flexibility index (Phi) is 5.52. The van der Waals surface area contributed by atoms with Crippen LogP contribution in [0.15, 0.2) is 30.3 Å². The highest BCUT2D eigenvalue weighted by Gasteiger charge is 1.92. The molecule has 1 rings (SSSR count). The van der Waals surface area contributed by atoms with E-state index in [1.807, 2.05) is 6.07 Å². The topological polar surface area (TPSA) is 63.6 Å². The maximum atomic E-state index is 9.64. The van der Waals surface area contributed by atoms with Gasteiger partial charge in [0.15, 0.2) is 0 Å². The number of para-hydroxylation sites is 1. The molecule has 0 aliphatic carbocycles. The Balaban J connectivity index is 0.000000226. The third-order valence-corrected chi connectivity index (χ3v) is 1.84. The van der Waals surface area contributed by atoms with Crippen molar-refractivity contribution in [1.82, 2.24) is 0 Å². The number of phenols is 1. The first-order chi connectivity index (χ1) is 5.95. The van der Waals surface area contributed by atoms with E-state index >= 15 is 0 Å². The zero-order valence-corrected chi connectivity index (χ0v) is 8.63. The number of hydrogen-bond acceptors (Lipinski definition) is 4. The Hall–Kier alpha value is -0.720. The van der Waals surface area contributed by atoms with Crippen molar-refractivity contribution in [3.8, 4) is 5.75 Å². The van der Waals surface area contributed by atoms with E-state index in [0.29, 0.717) is 5.75 Å². The lowest BCUT2D eigenvalue weighted by atomic mass is 10.3. The van der Waals surface area contributed by atoms with Crippen LogP contribution in [0, 0.1) is 0 Å². The van der Waals surface area contributed by atoms with Crippen LogP contribution in [0.1, 0.15) is 0 Å². The molecule has 0 unspecified atom stereocenters. The van der Waals surface area contributed by atoms with Gasteiger partial charge in [0.05, 0.1) is 7.11 Å². The molecule has 1 aromatic carbocycles. The molecule has 4 nitrogen and oxygen atoms in total. The molecule has 13 heavy (non-hydrogen) atoms. The number of aromatic hydroxyl groups is 1. The van der Waals surface area contributed by atoms with Crippen molar-refractivity contribution in [2.75, 3.05) is 7.11 Å². The number of rotatable bonds is 1. The van der Waals surface area contributed by atoms with Crippen molar-refractivity contribution in [3.05, 3.63) is 30.3 Å². The molecule has 6 heteroatoms. The molecule has 1 aromatic rings. The highest BCUT2D eigenvalue weighted by atomic mass is 33.1. The molecule has 0 aliphatic rings. The number of benzene rings is 1. The predicted octanol–water partition coefficient (Wildman–Crippen LogP) is 1.20. The molecule has 0 aromatic heterocycles. The minimum absolute atomic E-state index is 0.322. The molecule has 1 N–H and O–H groups in total. The third kappa shape index (κ3) is 9.19. The zero-order chi connectivity index (χ0) is 10.3. The van der Waals surface area contributed by atoms with E-state index in [2.05, 4.69) is 15.8 Å². The van der Waals surface area contributed by atoms with Crippen molar-refractivity contribution in [3.63, 3.8) is 0 Å². The highest BCUT2D eigenvalue weighted by molar-refractivity contribution is 8.61. The van der Waals surface area contributed by atoms with Gasteiger partial charge in [0.1, 0.15) is 5.75 Å². The van der Waals surface area contributed by atoms with Gasteiger partial charge in [-0.25, -0.2) is 0 Å². The molecular weight excluding hydrogens is 212 g/mol. The zero-order valence-electron chi connectivity index (χ0n) is 6.91. The van der Waals surface area contributed by atoms with Crippen LogP contribution in [-0.2, 0) is 13.3 Å². The summed E-state index contributed by atoms with van der Waals surface area (Å²) in [6, 6.07) is 8.71. The van der Waals surface area contributed by atoms with Crippen molar-refractivity contribution < 1.29 is 17.7 Å². The number of hydrogen-bond donors (Lipinski definition) is 2. The summed E-state index contributed by atoms with van der Waals surface area (Å²) in [6.45, 7) is 0. The second-order valence-electron chi connectivity index (χ2n) is 1.93. The summed E-state index contributed by atoms with van der Waals surface area (Å²) in [6.07, 6.45) is 0. The lowest BCUT2D eigenvalue weighted by molar-refractivity contribution is 0.413. The van der Waals surface area contributed by atoms with E-state index in [4.69, 9.17) is 5.11 Å². The molecule has 0 saturated carbocycles. The van der Waals surface area contributed by atoms with Crippen LogP contribution in [0.5, 0.6) is 5.75 Å². The second kappa shape index (κ2) is 5.85. The van der Waals surface area contributed by atoms with Crippen molar-refractivity contribution >= 4 is 20.8 Å². The van der Waals surface area contributed by atoms with Crippen LogP contribution in [0.25, 0.3) is 0 Å². The fourth-order valence-corrected chi connectivity index (χ4v) is 0.428. The van der Waals surface area contributed by atoms with Crippen molar-refractivity contribution in [2.45, 2.75) is 0 Å². The first kappa shape index (κ1) is 12.3. The Morgan fingerprint density at radius 2 is 1.69 bits per heavy atom. The molecule has 0 fully saturated rings. The molecule has 0 bridgehead atoms. The van der Waals surface area contributed by atoms with Crippen LogP contribution in [0.4, 0.5) is 0 Å². The van der Waals surface area contributed by atoms with Gasteiger partial charge < -0.3 is 5.11 Å². The normalized spacial score (nSPS) is 10.0. The van der Waals surface area contributed by atoms with Gasteiger partial charge in [-0.3, -0.25) is 4.18 Å². The maximum Gasteiger partial charge on any atom is 0.319 e. The molecule has 0 radical (unpaired) electrons. The Morgan fingerprint density at radius 1 is 1.31 bits per heavy atom. The Bertz CT molecular complexity index is 320. The van der Waals surface area contributed by atoms with E-state index < -0.39 is 9.15 Å². The minimum atomic E-state index is -3.47. The monoisotopic (exact) mass is 222 g/mol. The lowest BCUT2D eigenvalue weighted by Crippen LogP contribution is -1.87. The maximum absolute atomic E-state index is 9.64. The van der Waals surface area contributed by atoms with E-state index in [0.717, 1.165) is 7.11 Å². The molecule has 0 atom stereocenters. The predicted molar refractivity (Wildman–Crippen MR) is 53.0 cm³/mol. The second-order valence-corrected chi connectivity index (χ2v) is 4.46. The standard InChI is InChI=1S/C6H6O.CH4O3S2/c7-6-4-2-1-3-5-6;1-4-6(2,3)5/h1-5,7H;1H3,(H,2,3,5). The van der Waals surface area contributed by atoms with Gasteiger partial charge in [0, 0.05) is 0 Å². The minimum Gasteiger partial charge on any atom is -0.508 e. The van der Waals surface area contributed by atoms with Crippen LogP contribution in [0.2, 0.25) is 0 Å².